The molecule has 1 atom stereocenters. The van der Waals surface area contributed by atoms with Gasteiger partial charge in [0.25, 0.3) is 0 Å². The second-order valence-electron chi connectivity index (χ2n) is 4.10. The lowest BCUT2D eigenvalue weighted by Gasteiger charge is -2.27. The third kappa shape index (κ3) is 2.00. The second-order valence-corrected chi connectivity index (χ2v) is 4.10. The fourth-order valence-corrected chi connectivity index (χ4v) is 2.34. The number of ether oxygens (including phenoxy) is 1. The molecule has 1 unspecified atom stereocenters. The van der Waals surface area contributed by atoms with Crippen molar-refractivity contribution in [1.29, 1.82) is 0 Å². The summed E-state index contributed by atoms with van der Waals surface area (Å²) in [4.78, 5) is 0. The first kappa shape index (κ1) is 10.5. The number of benzene rings is 1. The first-order valence-corrected chi connectivity index (χ1v) is 5.81. The number of hydrogen-bond donors (Lipinski definition) is 1. The number of fused-ring (bicyclic) bond motifs is 1. The number of nitrogens with two attached hydrogens (primary N) is 1. The molecule has 0 saturated heterocycles. The molecule has 1 aromatic rings. The van der Waals surface area contributed by atoms with Gasteiger partial charge in [-0.15, -0.1) is 0 Å². The Bertz CT molecular complexity index is 335. The maximum absolute atomic E-state index is 5.78. The summed E-state index contributed by atoms with van der Waals surface area (Å²) in [6.45, 7) is 3.78. The first-order chi connectivity index (χ1) is 7.36. The topological polar surface area (TPSA) is 35.2 Å². The van der Waals surface area contributed by atoms with Gasteiger partial charge in [-0.25, -0.2) is 0 Å². The van der Waals surface area contributed by atoms with Crippen LogP contribution in [-0.4, -0.2) is 13.2 Å². The maximum Gasteiger partial charge on any atom is 0.125 e. The molecule has 0 bridgehead atoms. The van der Waals surface area contributed by atoms with Crippen molar-refractivity contribution in [2.24, 2.45) is 5.73 Å². The van der Waals surface area contributed by atoms with E-state index >= 15 is 0 Å². The molecule has 0 radical (unpaired) electrons. The van der Waals surface area contributed by atoms with Gasteiger partial charge in [0.1, 0.15) is 5.75 Å². The predicted molar refractivity (Wildman–Crippen MR) is 62.3 cm³/mol. The molecular weight excluding hydrogens is 186 g/mol. The van der Waals surface area contributed by atoms with Gasteiger partial charge < -0.3 is 10.5 Å². The average molecular weight is 205 g/mol. The molecule has 1 aliphatic rings. The number of aryl methyl sites for hydroxylation is 1. The Hall–Kier alpha value is -1.02. The molecule has 82 valence electrons. The minimum Gasteiger partial charge on any atom is -0.493 e. The Labute approximate surface area is 91.4 Å². The monoisotopic (exact) mass is 205 g/mol. The number of hydrogen-bond acceptors (Lipinski definition) is 2. The van der Waals surface area contributed by atoms with Crippen LogP contribution in [0.3, 0.4) is 0 Å². The van der Waals surface area contributed by atoms with Crippen LogP contribution in [0.15, 0.2) is 18.2 Å². The fraction of sp³-hybridized carbons (Fsp3) is 0.538. The smallest absolute Gasteiger partial charge is 0.125 e. The van der Waals surface area contributed by atoms with Crippen molar-refractivity contribution >= 4 is 0 Å². The van der Waals surface area contributed by atoms with E-state index in [1.807, 2.05) is 0 Å². The Morgan fingerprint density at radius 2 is 2.33 bits per heavy atom. The standard InChI is InChI=1S/C13H19NO/c1-2-10-4-3-5-12-11(6-8-14)7-9-15-13(10)12/h3-5,11H,2,6-9,14H2,1H3. The van der Waals surface area contributed by atoms with Gasteiger partial charge in [-0.3, -0.25) is 0 Å². The number of rotatable bonds is 3. The summed E-state index contributed by atoms with van der Waals surface area (Å²) in [6, 6.07) is 6.48. The Morgan fingerprint density at radius 1 is 1.47 bits per heavy atom. The van der Waals surface area contributed by atoms with Gasteiger partial charge in [-0.1, -0.05) is 25.1 Å². The third-order valence-corrected chi connectivity index (χ3v) is 3.18. The molecule has 0 aliphatic carbocycles. The van der Waals surface area contributed by atoms with Crippen molar-refractivity contribution in [3.63, 3.8) is 0 Å². The van der Waals surface area contributed by atoms with Crippen molar-refractivity contribution in [2.75, 3.05) is 13.2 Å². The largest absolute Gasteiger partial charge is 0.493 e. The summed E-state index contributed by atoms with van der Waals surface area (Å²) in [5, 5.41) is 0. The van der Waals surface area contributed by atoms with E-state index in [4.69, 9.17) is 10.5 Å². The summed E-state index contributed by atoms with van der Waals surface area (Å²) in [7, 11) is 0. The van der Waals surface area contributed by atoms with Crippen LogP contribution in [0.5, 0.6) is 5.75 Å². The highest BCUT2D eigenvalue weighted by Crippen LogP contribution is 2.37. The van der Waals surface area contributed by atoms with E-state index in [-0.39, 0.29) is 0 Å². The lowest BCUT2D eigenvalue weighted by Crippen LogP contribution is -2.18. The van der Waals surface area contributed by atoms with Crippen molar-refractivity contribution in [2.45, 2.75) is 32.1 Å². The van der Waals surface area contributed by atoms with Crippen molar-refractivity contribution in [3.8, 4) is 5.75 Å². The van der Waals surface area contributed by atoms with Crippen LogP contribution < -0.4 is 10.5 Å². The molecule has 1 aliphatic heterocycles. The molecule has 0 amide bonds. The molecule has 2 nitrogen and oxygen atoms in total. The Balaban J connectivity index is 2.35. The molecule has 2 rings (SSSR count). The first-order valence-electron chi connectivity index (χ1n) is 5.81. The van der Waals surface area contributed by atoms with Gasteiger partial charge in [0.05, 0.1) is 6.61 Å². The van der Waals surface area contributed by atoms with E-state index < -0.39 is 0 Å². The minimum atomic E-state index is 0.602. The van der Waals surface area contributed by atoms with Crippen LogP contribution in [0.2, 0.25) is 0 Å². The predicted octanol–water partition coefficient (Wildman–Crippen LogP) is 2.46. The Morgan fingerprint density at radius 3 is 3.07 bits per heavy atom. The third-order valence-electron chi connectivity index (χ3n) is 3.18. The van der Waals surface area contributed by atoms with Crippen LogP contribution in [0.1, 0.15) is 36.8 Å². The molecular formula is C13H19NO. The molecule has 1 heterocycles. The van der Waals surface area contributed by atoms with E-state index in [1.54, 1.807) is 0 Å². The van der Waals surface area contributed by atoms with E-state index in [0.29, 0.717) is 5.92 Å². The van der Waals surface area contributed by atoms with Gasteiger partial charge in [0.2, 0.25) is 0 Å². The summed E-state index contributed by atoms with van der Waals surface area (Å²) in [6.07, 6.45) is 3.22. The van der Waals surface area contributed by atoms with Gasteiger partial charge in [0.15, 0.2) is 0 Å². The molecule has 2 heteroatoms. The normalized spacial score (nSPS) is 19.5. The quantitative estimate of drug-likeness (QED) is 0.822. The van der Waals surface area contributed by atoms with Crippen LogP contribution in [0.4, 0.5) is 0 Å². The lowest BCUT2D eigenvalue weighted by molar-refractivity contribution is 0.261. The average Bonchev–Trinajstić information content (AvgIpc) is 2.29. The van der Waals surface area contributed by atoms with E-state index in [0.717, 1.165) is 38.2 Å². The van der Waals surface area contributed by atoms with Crippen LogP contribution in [0.25, 0.3) is 0 Å². The van der Waals surface area contributed by atoms with E-state index in [1.165, 1.54) is 11.1 Å². The van der Waals surface area contributed by atoms with E-state index in [2.05, 4.69) is 25.1 Å². The van der Waals surface area contributed by atoms with Gasteiger partial charge in [-0.2, -0.15) is 0 Å². The molecule has 15 heavy (non-hydrogen) atoms. The van der Waals surface area contributed by atoms with Crippen LogP contribution in [0, 0.1) is 0 Å². The van der Waals surface area contributed by atoms with Crippen molar-refractivity contribution in [1.82, 2.24) is 0 Å². The fourth-order valence-electron chi connectivity index (χ4n) is 2.34. The molecule has 2 N–H and O–H groups in total. The summed E-state index contributed by atoms with van der Waals surface area (Å²) < 4.78 is 5.78. The van der Waals surface area contributed by atoms with Crippen LogP contribution >= 0.6 is 0 Å². The maximum atomic E-state index is 5.78. The zero-order valence-corrected chi connectivity index (χ0v) is 9.33. The lowest BCUT2D eigenvalue weighted by atomic mass is 9.88. The van der Waals surface area contributed by atoms with Crippen LogP contribution in [-0.2, 0) is 6.42 Å². The highest BCUT2D eigenvalue weighted by molar-refractivity contribution is 5.44. The van der Waals surface area contributed by atoms with E-state index in [9.17, 15) is 0 Å². The molecule has 0 saturated carbocycles. The van der Waals surface area contributed by atoms with Crippen molar-refractivity contribution < 1.29 is 4.74 Å². The molecule has 0 spiro atoms. The molecule has 1 aromatic carbocycles. The number of para-hydroxylation sites is 1. The van der Waals surface area contributed by atoms with Crippen molar-refractivity contribution in [3.05, 3.63) is 29.3 Å². The Kier molecular flexibility index (Phi) is 3.27. The zero-order valence-electron chi connectivity index (χ0n) is 9.33. The second kappa shape index (κ2) is 4.67. The van der Waals surface area contributed by atoms with Gasteiger partial charge in [0, 0.05) is 0 Å². The van der Waals surface area contributed by atoms with Gasteiger partial charge in [-0.05, 0) is 42.9 Å². The highest BCUT2D eigenvalue weighted by atomic mass is 16.5. The summed E-state index contributed by atoms with van der Waals surface area (Å²) in [5.41, 5.74) is 8.34. The van der Waals surface area contributed by atoms with Gasteiger partial charge >= 0.3 is 0 Å². The highest BCUT2D eigenvalue weighted by Gasteiger charge is 2.22. The summed E-state index contributed by atoms with van der Waals surface area (Å²) >= 11 is 0. The molecule has 0 fully saturated rings. The zero-order chi connectivity index (χ0) is 10.7. The SMILES string of the molecule is CCc1cccc2c1OCCC2CCN. The summed E-state index contributed by atoms with van der Waals surface area (Å²) in [5.74, 6) is 1.73. The molecule has 0 aromatic heterocycles. The minimum absolute atomic E-state index is 0.602.